The van der Waals surface area contributed by atoms with Crippen molar-refractivity contribution in [1.29, 1.82) is 0 Å². The number of H-pyrrole nitrogens is 1. The highest BCUT2D eigenvalue weighted by Gasteiger charge is 2.15. The number of fused-ring (bicyclic) bond motifs is 1. The molecule has 0 bridgehead atoms. The van der Waals surface area contributed by atoms with Crippen molar-refractivity contribution in [2.24, 2.45) is 0 Å². The molecule has 0 spiro atoms. The first-order valence-electron chi connectivity index (χ1n) is 8.35. The van der Waals surface area contributed by atoms with Crippen LogP contribution in [-0.4, -0.2) is 29.3 Å². The summed E-state index contributed by atoms with van der Waals surface area (Å²) in [7, 11) is 1.58. The molecule has 0 aliphatic rings. The average molecular weight is 359 g/mol. The Morgan fingerprint density at radius 1 is 1.35 bits per heavy atom. The molecule has 2 N–H and O–H groups in total. The van der Waals surface area contributed by atoms with Crippen molar-refractivity contribution in [3.63, 3.8) is 0 Å². The van der Waals surface area contributed by atoms with Crippen molar-refractivity contribution in [1.82, 2.24) is 9.66 Å². The summed E-state index contributed by atoms with van der Waals surface area (Å²) < 4.78 is 18.1. The van der Waals surface area contributed by atoms with Gasteiger partial charge in [0.05, 0.1) is 25.3 Å². The maximum Gasteiger partial charge on any atom is 0.345 e. The number of hydrogen-bond donors (Lipinski definition) is 2. The zero-order valence-electron chi connectivity index (χ0n) is 14.9. The van der Waals surface area contributed by atoms with Crippen LogP contribution in [0.4, 0.5) is 0 Å². The Morgan fingerprint density at radius 2 is 2.15 bits per heavy atom. The molecule has 2 heterocycles. The second-order valence-electron chi connectivity index (χ2n) is 5.86. The van der Waals surface area contributed by atoms with Crippen LogP contribution in [0.15, 0.2) is 33.6 Å². The first-order chi connectivity index (χ1) is 12.5. The van der Waals surface area contributed by atoms with Crippen molar-refractivity contribution in [3.8, 4) is 23.0 Å². The number of benzene rings is 1. The van der Waals surface area contributed by atoms with Crippen LogP contribution in [0.5, 0.6) is 11.5 Å². The number of hydrogen-bond acceptors (Lipinski definition) is 5. The van der Waals surface area contributed by atoms with Gasteiger partial charge in [0.25, 0.3) is 0 Å². The Morgan fingerprint density at radius 3 is 2.85 bits per heavy atom. The van der Waals surface area contributed by atoms with E-state index in [1.54, 1.807) is 19.2 Å². The van der Waals surface area contributed by atoms with Crippen LogP contribution in [-0.2, 0) is 4.79 Å². The SMILES string of the molecule is CCCCOc1cc(OC)cc2oc(-c3cn(NC(C)=O)c(=O)[nH]3)cc12. The Balaban J connectivity index is 2.01. The minimum atomic E-state index is -0.465. The smallest absolute Gasteiger partial charge is 0.345 e. The summed E-state index contributed by atoms with van der Waals surface area (Å²) in [6.45, 7) is 4.01. The van der Waals surface area contributed by atoms with Crippen LogP contribution in [0.2, 0.25) is 0 Å². The van der Waals surface area contributed by atoms with E-state index in [0.29, 0.717) is 35.1 Å². The van der Waals surface area contributed by atoms with Crippen LogP contribution in [0, 0.1) is 0 Å². The van der Waals surface area contributed by atoms with E-state index in [1.807, 2.05) is 6.07 Å². The number of nitrogens with zero attached hydrogens (tertiary/aromatic N) is 1. The van der Waals surface area contributed by atoms with E-state index in [4.69, 9.17) is 13.9 Å². The number of nitrogens with one attached hydrogen (secondary N) is 2. The van der Waals surface area contributed by atoms with Crippen LogP contribution in [0.3, 0.4) is 0 Å². The molecule has 8 nitrogen and oxygen atoms in total. The molecule has 3 rings (SSSR count). The fourth-order valence-electron chi connectivity index (χ4n) is 2.55. The summed E-state index contributed by atoms with van der Waals surface area (Å²) in [6, 6.07) is 5.36. The third kappa shape index (κ3) is 3.58. The van der Waals surface area contributed by atoms with Gasteiger partial charge in [0.15, 0.2) is 5.76 Å². The van der Waals surface area contributed by atoms with Gasteiger partial charge in [-0.25, -0.2) is 9.47 Å². The molecule has 0 saturated carbocycles. The Labute approximate surface area is 149 Å². The summed E-state index contributed by atoms with van der Waals surface area (Å²) in [5.41, 5.74) is 2.97. The van der Waals surface area contributed by atoms with E-state index < -0.39 is 5.69 Å². The number of unbranched alkanes of at least 4 members (excludes halogenated alkanes) is 1. The third-order valence-electron chi connectivity index (χ3n) is 3.83. The van der Waals surface area contributed by atoms with E-state index in [2.05, 4.69) is 17.3 Å². The number of aromatic nitrogens is 2. The first-order valence-corrected chi connectivity index (χ1v) is 8.35. The highest BCUT2D eigenvalue weighted by molar-refractivity contribution is 5.89. The van der Waals surface area contributed by atoms with Crippen LogP contribution in [0.25, 0.3) is 22.4 Å². The molecule has 2 aromatic heterocycles. The maximum atomic E-state index is 11.9. The molecular formula is C18H21N3O5. The Bertz CT molecular complexity index is 983. The fraction of sp³-hybridized carbons (Fsp3) is 0.333. The van der Waals surface area contributed by atoms with Gasteiger partial charge in [0.2, 0.25) is 5.91 Å². The molecule has 8 heteroatoms. The average Bonchev–Trinajstić information content (AvgIpc) is 3.18. The molecule has 0 fully saturated rings. The lowest BCUT2D eigenvalue weighted by Crippen LogP contribution is -2.28. The lowest BCUT2D eigenvalue weighted by molar-refractivity contribution is -0.115. The predicted molar refractivity (Wildman–Crippen MR) is 97.3 cm³/mol. The molecule has 0 aliphatic heterocycles. The van der Waals surface area contributed by atoms with Gasteiger partial charge in [0.1, 0.15) is 22.8 Å². The number of ether oxygens (including phenoxy) is 2. The Kier molecular flexibility index (Phi) is 5.01. The van der Waals surface area contributed by atoms with Gasteiger partial charge < -0.3 is 18.9 Å². The maximum absolute atomic E-state index is 11.9. The van der Waals surface area contributed by atoms with Gasteiger partial charge in [-0.2, -0.15) is 0 Å². The van der Waals surface area contributed by atoms with Gasteiger partial charge in [-0.05, 0) is 12.5 Å². The molecule has 1 amide bonds. The quantitative estimate of drug-likeness (QED) is 0.632. The summed E-state index contributed by atoms with van der Waals surface area (Å²) >= 11 is 0. The van der Waals surface area contributed by atoms with Crippen molar-refractivity contribution in [2.45, 2.75) is 26.7 Å². The van der Waals surface area contributed by atoms with E-state index in [9.17, 15) is 9.59 Å². The highest BCUT2D eigenvalue weighted by Crippen LogP contribution is 2.36. The van der Waals surface area contributed by atoms with Crippen LogP contribution < -0.4 is 20.6 Å². The van der Waals surface area contributed by atoms with E-state index >= 15 is 0 Å². The molecule has 3 aromatic rings. The van der Waals surface area contributed by atoms with Gasteiger partial charge in [-0.3, -0.25) is 10.2 Å². The second-order valence-corrected chi connectivity index (χ2v) is 5.86. The molecule has 0 radical (unpaired) electrons. The molecular weight excluding hydrogens is 338 g/mol. The summed E-state index contributed by atoms with van der Waals surface area (Å²) in [4.78, 5) is 25.7. The zero-order valence-corrected chi connectivity index (χ0v) is 14.9. The van der Waals surface area contributed by atoms with Crippen molar-refractivity contribution in [3.05, 3.63) is 34.9 Å². The molecule has 0 saturated heterocycles. The molecule has 0 aliphatic carbocycles. The number of amides is 1. The first kappa shape index (κ1) is 17.7. The summed E-state index contributed by atoms with van der Waals surface area (Å²) in [6.07, 6.45) is 3.44. The summed E-state index contributed by atoms with van der Waals surface area (Å²) in [5.74, 6) is 1.38. The van der Waals surface area contributed by atoms with Crippen molar-refractivity contribution in [2.75, 3.05) is 19.1 Å². The largest absolute Gasteiger partial charge is 0.496 e. The normalized spacial score (nSPS) is 10.9. The standard InChI is InChI=1S/C18H21N3O5/c1-4-5-6-25-15-7-12(24-3)8-16-13(15)9-17(26-16)14-10-21(18(23)19-14)20-11(2)22/h7-10H,4-6H2,1-3H3,(H,19,23)(H,20,22). The monoisotopic (exact) mass is 359 g/mol. The number of aromatic amines is 1. The van der Waals surface area contributed by atoms with Gasteiger partial charge in [-0.15, -0.1) is 0 Å². The number of carbonyl (C=O) groups excluding carboxylic acids is 1. The van der Waals surface area contributed by atoms with E-state index in [0.717, 1.165) is 22.9 Å². The topological polar surface area (TPSA) is 98.5 Å². The number of carbonyl (C=O) groups is 1. The molecule has 1 aromatic carbocycles. The van der Waals surface area contributed by atoms with E-state index in [1.165, 1.54) is 13.1 Å². The molecule has 138 valence electrons. The minimum Gasteiger partial charge on any atom is -0.496 e. The van der Waals surface area contributed by atoms with Crippen LogP contribution >= 0.6 is 0 Å². The molecule has 0 unspecified atom stereocenters. The predicted octanol–water partition coefficient (Wildman–Crippen LogP) is 2.87. The van der Waals surface area contributed by atoms with Crippen molar-refractivity contribution < 1.29 is 18.7 Å². The number of imidazole rings is 1. The lowest BCUT2D eigenvalue weighted by Gasteiger charge is -2.08. The second kappa shape index (κ2) is 7.38. The van der Waals surface area contributed by atoms with Gasteiger partial charge >= 0.3 is 5.69 Å². The van der Waals surface area contributed by atoms with E-state index in [-0.39, 0.29) is 5.91 Å². The minimum absolute atomic E-state index is 0.349. The van der Waals surface area contributed by atoms with Crippen LogP contribution in [0.1, 0.15) is 26.7 Å². The fourth-order valence-corrected chi connectivity index (χ4v) is 2.55. The zero-order chi connectivity index (χ0) is 18.7. The third-order valence-corrected chi connectivity index (χ3v) is 3.83. The van der Waals surface area contributed by atoms with Gasteiger partial charge in [0, 0.05) is 19.1 Å². The number of methoxy groups -OCH3 is 1. The highest BCUT2D eigenvalue weighted by atomic mass is 16.5. The Hall–Kier alpha value is -3.16. The summed E-state index contributed by atoms with van der Waals surface area (Å²) in [5, 5.41) is 0.782. The molecule has 26 heavy (non-hydrogen) atoms. The number of furan rings is 1. The van der Waals surface area contributed by atoms with Gasteiger partial charge in [-0.1, -0.05) is 13.3 Å². The number of rotatable bonds is 7. The lowest BCUT2D eigenvalue weighted by atomic mass is 10.2. The van der Waals surface area contributed by atoms with Crippen molar-refractivity contribution >= 4 is 16.9 Å². The molecule has 0 atom stereocenters.